The Morgan fingerprint density at radius 1 is 1.00 bits per heavy atom. The Morgan fingerprint density at radius 2 is 1.80 bits per heavy atom. The number of nitrogens with one attached hydrogen (secondary N) is 1. The van der Waals surface area contributed by atoms with Gasteiger partial charge < -0.3 is 10.1 Å². The van der Waals surface area contributed by atoms with Crippen LogP contribution in [0.4, 0.5) is 10.1 Å². The van der Waals surface area contributed by atoms with Gasteiger partial charge in [-0.25, -0.2) is 4.39 Å². The van der Waals surface area contributed by atoms with Crippen LogP contribution in [0.25, 0.3) is 11.1 Å². The number of rotatable bonds is 8. The molecule has 6 heteroatoms. The number of thiol groups is 1. The zero-order valence-electron chi connectivity index (χ0n) is 19.2. The van der Waals surface area contributed by atoms with Gasteiger partial charge in [0.05, 0.1) is 18.1 Å². The van der Waals surface area contributed by atoms with Crippen molar-refractivity contribution in [2.75, 3.05) is 11.1 Å². The molecule has 0 bridgehead atoms. The molecule has 0 heterocycles. The number of hydrogen-bond donors (Lipinski definition) is 1. The van der Waals surface area contributed by atoms with Gasteiger partial charge in [0.25, 0.3) is 0 Å². The minimum Gasteiger partial charge on any atom is -0.457 e. The van der Waals surface area contributed by atoms with Gasteiger partial charge in [-0.2, -0.15) is 5.26 Å². The van der Waals surface area contributed by atoms with Crippen LogP contribution < -0.4 is 10.1 Å². The summed E-state index contributed by atoms with van der Waals surface area (Å²) in [5.41, 5.74) is 3.50. The van der Waals surface area contributed by atoms with Crippen molar-refractivity contribution in [2.24, 2.45) is 0 Å². The van der Waals surface area contributed by atoms with Crippen molar-refractivity contribution in [3.05, 3.63) is 108 Å². The zero-order valence-corrected chi connectivity index (χ0v) is 20.1. The molecule has 0 atom stereocenters. The second kappa shape index (κ2) is 11.4. The maximum Gasteiger partial charge on any atom is 0.228 e. The van der Waals surface area contributed by atoms with Crippen molar-refractivity contribution in [1.29, 1.82) is 5.26 Å². The van der Waals surface area contributed by atoms with Gasteiger partial charge in [-0.15, -0.1) is 0 Å². The lowest BCUT2D eigenvalue weighted by molar-refractivity contribution is -0.115. The fourth-order valence-corrected chi connectivity index (χ4v) is 4.35. The summed E-state index contributed by atoms with van der Waals surface area (Å²) in [7, 11) is 0. The highest BCUT2D eigenvalue weighted by Crippen LogP contribution is 2.36. The number of ether oxygens (including phenoxy) is 1. The van der Waals surface area contributed by atoms with E-state index in [1.807, 2.05) is 36.4 Å². The number of halogens is 1. The largest absolute Gasteiger partial charge is 0.457 e. The molecule has 0 unspecified atom stereocenters. The molecule has 4 aromatic rings. The van der Waals surface area contributed by atoms with E-state index >= 15 is 0 Å². The van der Waals surface area contributed by atoms with E-state index in [-0.39, 0.29) is 12.3 Å². The van der Waals surface area contributed by atoms with Crippen LogP contribution >= 0.6 is 0 Å². The van der Waals surface area contributed by atoms with Gasteiger partial charge in [0.2, 0.25) is 5.91 Å². The van der Waals surface area contributed by atoms with E-state index in [9.17, 15) is 14.4 Å². The summed E-state index contributed by atoms with van der Waals surface area (Å²) in [4.78, 5) is 13.9. The summed E-state index contributed by atoms with van der Waals surface area (Å²) < 4.78 is 19.8. The maximum atomic E-state index is 13.7. The SMILES string of the molecule is CC[SH+]c1ccc(CC(=O)Nc2ccc(-c3cccc(C#N)c3)c(Oc3cccc(F)c3)c2)cc1. The highest BCUT2D eigenvalue weighted by Gasteiger charge is 2.13. The lowest BCUT2D eigenvalue weighted by Gasteiger charge is -2.14. The molecular weight excluding hydrogens is 459 g/mol. The van der Waals surface area contributed by atoms with E-state index in [0.29, 0.717) is 22.7 Å². The summed E-state index contributed by atoms with van der Waals surface area (Å²) in [6.07, 6.45) is 0.245. The van der Waals surface area contributed by atoms with Crippen molar-refractivity contribution in [2.45, 2.75) is 18.2 Å². The molecular formula is C29H24FN2O2S+. The minimum absolute atomic E-state index is 0.151. The Balaban J connectivity index is 1.59. The van der Waals surface area contributed by atoms with Gasteiger partial charge in [-0.3, -0.25) is 4.79 Å². The number of nitriles is 1. The summed E-state index contributed by atoms with van der Waals surface area (Å²) in [6.45, 7) is 2.13. The lowest BCUT2D eigenvalue weighted by atomic mass is 10.0. The van der Waals surface area contributed by atoms with E-state index in [4.69, 9.17) is 4.74 Å². The third-order valence-corrected chi connectivity index (χ3v) is 6.21. The molecule has 0 saturated carbocycles. The summed E-state index contributed by atoms with van der Waals surface area (Å²) >= 11 is 1.26. The summed E-state index contributed by atoms with van der Waals surface area (Å²) in [5.74, 6) is 1.26. The van der Waals surface area contributed by atoms with Crippen LogP contribution in [0.2, 0.25) is 0 Å². The molecule has 0 aliphatic carbocycles. The molecule has 4 nitrogen and oxygen atoms in total. The summed E-state index contributed by atoms with van der Waals surface area (Å²) in [6, 6.07) is 28.5. The number of carbonyl (C=O) groups is 1. The molecule has 4 aromatic carbocycles. The number of benzene rings is 4. The number of carbonyl (C=O) groups excluding carboxylic acids is 1. The van der Waals surface area contributed by atoms with Crippen LogP contribution in [0.5, 0.6) is 11.5 Å². The summed E-state index contributed by atoms with van der Waals surface area (Å²) in [5, 5.41) is 12.2. The zero-order chi connectivity index (χ0) is 24.6. The third-order valence-electron chi connectivity index (χ3n) is 5.23. The van der Waals surface area contributed by atoms with Crippen molar-refractivity contribution < 1.29 is 13.9 Å². The van der Waals surface area contributed by atoms with Crippen LogP contribution in [-0.2, 0) is 23.0 Å². The standard InChI is InChI=1S/C29H23FN2O2S/c1-2-35-26-12-9-20(10-13-26)16-29(33)32-24-11-14-27(22-6-3-5-21(15-22)19-31)28(18-24)34-25-8-4-7-23(30)17-25/h3-15,17-18H,2,16H2,1H3,(H,32,33)/p+1. The number of anilines is 1. The van der Waals surface area contributed by atoms with Crippen LogP contribution in [0, 0.1) is 17.1 Å². The first-order chi connectivity index (χ1) is 17.0. The third kappa shape index (κ3) is 6.50. The topological polar surface area (TPSA) is 62.1 Å². The van der Waals surface area contributed by atoms with Crippen molar-refractivity contribution >= 4 is 23.4 Å². The van der Waals surface area contributed by atoms with Crippen molar-refractivity contribution in [3.63, 3.8) is 0 Å². The smallest absolute Gasteiger partial charge is 0.228 e. The highest BCUT2D eigenvalue weighted by atomic mass is 32.2. The average Bonchev–Trinajstić information content (AvgIpc) is 2.85. The molecule has 0 spiro atoms. The van der Waals surface area contributed by atoms with Gasteiger partial charge in [0.1, 0.15) is 23.1 Å². The van der Waals surface area contributed by atoms with Crippen LogP contribution in [0.3, 0.4) is 0 Å². The van der Waals surface area contributed by atoms with Gasteiger partial charge in [0.15, 0.2) is 4.90 Å². The van der Waals surface area contributed by atoms with Gasteiger partial charge in [-0.1, -0.05) is 30.3 Å². The predicted octanol–water partition coefficient (Wildman–Crippen LogP) is 6.53. The average molecular weight is 484 g/mol. The maximum absolute atomic E-state index is 13.7. The van der Waals surface area contributed by atoms with Gasteiger partial charge in [-0.05, 0) is 66.6 Å². The molecule has 0 aromatic heterocycles. The van der Waals surface area contributed by atoms with E-state index in [0.717, 1.165) is 22.4 Å². The number of hydrogen-bond acceptors (Lipinski definition) is 3. The van der Waals surface area contributed by atoms with E-state index in [1.165, 1.54) is 28.8 Å². The fourth-order valence-electron chi connectivity index (χ4n) is 3.63. The molecule has 0 fully saturated rings. The molecule has 1 amide bonds. The normalized spacial score (nSPS) is 10.4. The van der Waals surface area contributed by atoms with Crippen LogP contribution in [0.15, 0.2) is 95.9 Å². The Bertz CT molecular complexity index is 1380. The second-order valence-electron chi connectivity index (χ2n) is 7.83. The van der Waals surface area contributed by atoms with E-state index in [2.05, 4.69) is 18.3 Å². The van der Waals surface area contributed by atoms with E-state index in [1.54, 1.807) is 42.5 Å². The first kappa shape index (κ1) is 24.1. The Labute approximate surface area is 208 Å². The lowest BCUT2D eigenvalue weighted by Crippen LogP contribution is -2.14. The first-order valence-corrected chi connectivity index (χ1v) is 12.3. The molecule has 4 rings (SSSR count). The Kier molecular flexibility index (Phi) is 7.81. The molecule has 0 saturated heterocycles. The Hall–Kier alpha value is -4.08. The second-order valence-corrected chi connectivity index (χ2v) is 9.29. The molecule has 174 valence electrons. The van der Waals surface area contributed by atoms with Crippen LogP contribution in [0.1, 0.15) is 18.1 Å². The first-order valence-electron chi connectivity index (χ1n) is 11.2. The molecule has 35 heavy (non-hydrogen) atoms. The monoisotopic (exact) mass is 483 g/mol. The van der Waals surface area contributed by atoms with Crippen LogP contribution in [-0.4, -0.2) is 11.7 Å². The minimum atomic E-state index is -0.413. The molecule has 0 radical (unpaired) electrons. The molecule has 1 N–H and O–H groups in total. The van der Waals surface area contributed by atoms with Gasteiger partial charge >= 0.3 is 0 Å². The van der Waals surface area contributed by atoms with Crippen molar-refractivity contribution in [1.82, 2.24) is 0 Å². The van der Waals surface area contributed by atoms with Crippen molar-refractivity contribution in [3.8, 4) is 28.7 Å². The van der Waals surface area contributed by atoms with E-state index < -0.39 is 5.82 Å². The predicted molar refractivity (Wildman–Crippen MR) is 139 cm³/mol. The number of nitrogens with zero attached hydrogens (tertiary/aromatic N) is 1. The molecule has 0 aliphatic heterocycles. The highest BCUT2D eigenvalue weighted by molar-refractivity contribution is 7.78. The number of amides is 1. The molecule has 0 aliphatic rings. The van der Waals surface area contributed by atoms with Gasteiger partial charge in [0, 0.05) is 35.1 Å². The Morgan fingerprint density at radius 3 is 2.54 bits per heavy atom. The quantitative estimate of drug-likeness (QED) is 0.229. The fraction of sp³-hybridized carbons (Fsp3) is 0.103.